The number of nitrogens with two attached hydrogens (primary N) is 1. The van der Waals surface area contributed by atoms with E-state index in [1.807, 2.05) is 0 Å². The van der Waals surface area contributed by atoms with E-state index in [9.17, 15) is 14.0 Å². The maximum absolute atomic E-state index is 12.8. The predicted molar refractivity (Wildman–Crippen MR) is 65.9 cm³/mol. The van der Waals surface area contributed by atoms with Crippen LogP contribution in [-0.4, -0.2) is 9.55 Å². The summed E-state index contributed by atoms with van der Waals surface area (Å²) in [6, 6.07) is 6.49. The number of aromatic amines is 1. The molecule has 1 unspecified atom stereocenters. The van der Waals surface area contributed by atoms with Crippen LogP contribution < -0.4 is 17.0 Å². The van der Waals surface area contributed by atoms with Crippen molar-refractivity contribution in [1.29, 1.82) is 0 Å². The first-order valence-corrected chi connectivity index (χ1v) is 5.36. The van der Waals surface area contributed by atoms with E-state index < -0.39 is 17.3 Å². The number of nitrogens with one attached hydrogen (secondary N) is 1. The second kappa shape index (κ2) is 4.48. The summed E-state index contributed by atoms with van der Waals surface area (Å²) >= 11 is 0. The van der Waals surface area contributed by atoms with E-state index in [0.717, 1.165) is 11.6 Å². The minimum Gasteiger partial charge on any atom is -0.385 e. The van der Waals surface area contributed by atoms with Gasteiger partial charge in [-0.1, -0.05) is 12.1 Å². The molecule has 2 aromatic rings. The number of anilines is 1. The van der Waals surface area contributed by atoms with E-state index in [0.29, 0.717) is 0 Å². The van der Waals surface area contributed by atoms with Gasteiger partial charge in [-0.25, -0.2) is 9.18 Å². The van der Waals surface area contributed by atoms with Crippen molar-refractivity contribution < 1.29 is 4.39 Å². The molecule has 5 nitrogen and oxygen atoms in total. The van der Waals surface area contributed by atoms with Gasteiger partial charge in [0.1, 0.15) is 11.6 Å². The molecule has 0 bridgehead atoms. The van der Waals surface area contributed by atoms with Gasteiger partial charge in [-0.3, -0.25) is 14.3 Å². The van der Waals surface area contributed by atoms with Crippen molar-refractivity contribution in [2.24, 2.45) is 0 Å². The molecular weight excluding hydrogens is 237 g/mol. The molecule has 0 aliphatic heterocycles. The Labute approximate surface area is 102 Å². The number of hydrogen-bond acceptors (Lipinski definition) is 3. The number of nitrogen functional groups attached to an aromatic ring is 1. The highest BCUT2D eigenvalue weighted by atomic mass is 19.1. The van der Waals surface area contributed by atoms with E-state index in [1.54, 1.807) is 19.1 Å². The molecule has 1 aromatic heterocycles. The molecule has 0 spiro atoms. The second-order valence-electron chi connectivity index (χ2n) is 3.96. The Kier molecular flexibility index (Phi) is 3.01. The molecular formula is C12H12FN3O2. The largest absolute Gasteiger partial charge is 0.385 e. The molecule has 0 saturated carbocycles. The van der Waals surface area contributed by atoms with Gasteiger partial charge in [0, 0.05) is 6.07 Å². The SMILES string of the molecule is CC(c1ccc(F)cc1)n1c(N)cc(=O)[nH]c1=O. The van der Waals surface area contributed by atoms with Crippen molar-refractivity contribution in [3.63, 3.8) is 0 Å². The zero-order valence-electron chi connectivity index (χ0n) is 9.68. The molecule has 18 heavy (non-hydrogen) atoms. The molecule has 1 aromatic carbocycles. The molecule has 0 fully saturated rings. The monoisotopic (exact) mass is 249 g/mol. The fourth-order valence-corrected chi connectivity index (χ4v) is 1.81. The van der Waals surface area contributed by atoms with Crippen LogP contribution in [0.2, 0.25) is 0 Å². The van der Waals surface area contributed by atoms with Crippen LogP contribution in [-0.2, 0) is 0 Å². The number of nitrogens with zero attached hydrogens (tertiary/aromatic N) is 1. The topological polar surface area (TPSA) is 80.9 Å². The highest BCUT2D eigenvalue weighted by Gasteiger charge is 2.13. The van der Waals surface area contributed by atoms with Crippen LogP contribution in [0.3, 0.4) is 0 Å². The molecule has 0 aliphatic rings. The maximum atomic E-state index is 12.8. The van der Waals surface area contributed by atoms with E-state index in [4.69, 9.17) is 5.73 Å². The molecule has 2 rings (SSSR count). The molecule has 0 saturated heterocycles. The second-order valence-corrected chi connectivity index (χ2v) is 3.96. The summed E-state index contributed by atoms with van der Waals surface area (Å²) in [4.78, 5) is 24.9. The van der Waals surface area contributed by atoms with Gasteiger partial charge in [0.05, 0.1) is 6.04 Å². The van der Waals surface area contributed by atoms with Crippen LogP contribution in [0.5, 0.6) is 0 Å². The highest BCUT2D eigenvalue weighted by Crippen LogP contribution is 2.18. The van der Waals surface area contributed by atoms with Crippen molar-refractivity contribution >= 4 is 5.82 Å². The molecule has 0 amide bonds. The Bertz CT molecular complexity index is 673. The average Bonchev–Trinajstić information content (AvgIpc) is 2.28. The summed E-state index contributed by atoms with van der Waals surface area (Å²) < 4.78 is 14.1. The van der Waals surface area contributed by atoms with Crippen molar-refractivity contribution in [1.82, 2.24) is 9.55 Å². The smallest absolute Gasteiger partial charge is 0.330 e. The van der Waals surface area contributed by atoms with Crippen molar-refractivity contribution in [3.05, 3.63) is 62.6 Å². The van der Waals surface area contributed by atoms with Gasteiger partial charge in [0.2, 0.25) is 0 Å². The van der Waals surface area contributed by atoms with Crippen LogP contribution in [0.4, 0.5) is 10.2 Å². The number of benzene rings is 1. The fourth-order valence-electron chi connectivity index (χ4n) is 1.81. The standard InChI is InChI=1S/C12H12FN3O2/c1-7(8-2-4-9(13)5-3-8)16-10(14)6-11(17)15-12(16)18/h2-7H,14H2,1H3,(H,15,17,18). The third-order valence-electron chi connectivity index (χ3n) is 2.75. The number of halogens is 1. The first-order valence-electron chi connectivity index (χ1n) is 5.36. The molecule has 0 radical (unpaired) electrons. The lowest BCUT2D eigenvalue weighted by Gasteiger charge is -2.17. The molecule has 1 atom stereocenters. The highest BCUT2D eigenvalue weighted by molar-refractivity contribution is 5.30. The van der Waals surface area contributed by atoms with Crippen molar-refractivity contribution in [2.45, 2.75) is 13.0 Å². The Hall–Kier alpha value is -2.37. The third kappa shape index (κ3) is 2.17. The lowest BCUT2D eigenvalue weighted by atomic mass is 10.1. The quantitative estimate of drug-likeness (QED) is 0.828. The van der Waals surface area contributed by atoms with Gasteiger partial charge >= 0.3 is 5.69 Å². The summed E-state index contributed by atoms with van der Waals surface area (Å²) in [7, 11) is 0. The predicted octanol–water partition coefficient (Wildman–Crippen LogP) is 0.867. The Morgan fingerprint density at radius 3 is 2.44 bits per heavy atom. The van der Waals surface area contributed by atoms with E-state index in [-0.39, 0.29) is 11.6 Å². The Morgan fingerprint density at radius 1 is 1.28 bits per heavy atom. The molecule has 94 valence electrons. The number of H-pyrrole nitrogens is 1. The van der Waals surface area contributed by atoms with Gasteiger partial charge in [0.25, 0.3) is 5.56 Å². The zero-order chi connectivity index (χ0) is 13.3. The van der Waals surface area contributed by atoms with Crippen LogP contribution in [0.25, 0.3) is 0 Å². The number of aromatic nitrogens is 2. The summed E-state index contributed by atoms with van der Waals surface area (Å²) in [5, 5.41) is 0. The third-order valence-corrected chi connectivity index (χ3v) is 2.75. The minimum absolute atomic E-state index is 0.0700. The van der Waals surface area contributed by atoms with Crippen molar-refractivity contribution in [3.8, 4) is 0 Å². The van der Waals surface area contributed by atoms with Crippen LogP contribution in [0.15, 0.2) is 39.9 Å². The van der Waals surface area contributed by atoms with Gasteiger partial charge in [-0.2, -0.15) is 0 Å². The molecule has 6 heteroatoms. The number of rotatable bonds is 2. The summed E-state index contributed by atoms with van der Waals surface area (Å²) in [6.07, 6.45) is 0. The average molecular weight is 249 g/mol. The molecule has 1 heterocycles. The Balaban J connectivity index is 2.52. The van der Waals surface area contributed by atoms with E-state index in [1.165, 1.54) is 16.7 Å². The number of hydrogen-bond donors (Lipinski definition) is 2. The maximum Gasteiger partial charge on any atom is 0.330 e. The summed E-state index contributed by atoms with van der Waals surface area (Å²) in [5.41, 5.74) is 5.25. The first kappa shape index (κ1) is 12.1. The Morgan fingerprint density at radius 2 is 1.89 bits per heavy atom. The van der Waals surface area contributed by atoms with Gasteiger partial charge in [-0.05, 0) is 24.6 Å². The van der Waals surface area contributed by atoms with Crippen molar-refractivity contribution in [2.75, 3.05) is 5.73 Å². The first-order chi connectivity index (χ1) is 8.49. The molecule has 0 aliphatic carbocycles. The van der Waals surface area contributed by atoms with Crippen LogP contribution in [0, 0.1) is 5.82 Å². The lowest BCUT2D eigenvalue weighted by Crippen LogP contribution is -2.33. The summed E-state index contributed by atoms with van der Waals surface area (Å²) in [5.74, 6) is -0.284. The van der Waals surface area contributed by atoms with Gasteiger partial charge in [-0.15, -0.1) is 0 Å². The van der Waals surface area contributed by atoms with Crippen LogP contribution >= 0.6 is 0 Å². The van der Waals surface area contributed by atoms with E-state index >= 15 is 0 Å². The normalized spacial score (nSPS) is 12.3. The fraction of sp³-hybridized carbons (Fsp3) is 0.167. The minimum atomic E-state index is -0.586. The van der Waals surface area contributed by atoms with E-state index in [2.05, 4.69) is 4.98 Å². The summed E-state index contributed by atoms with van der Waals surface area (Å²) in [6.45, 7) is 1.74. The lowest BCUT2D eigenvalue weighted by molar-refractivity contribution is 0.597. The van der Waals surface area contributed by atoms with Gasteiger partial charge < -0.3 is 5.73 Å². The molecule has 3 N–H and O–H groups in total. The zero-order valence-corrected chi connectivity index (χ0v) is 9.68. The van der Waals surface area contributed by atoms with Gasteiger partial charge in [0.15, 0.2) is 0 Å². The van der Waals surface area contributed by atoms with Crippen LogP contribution in [0.1, 0.15) is 18.5 Å².